The number of hydrogen-bond donors (Lipinski definition) is 0. The Morgan fingerprint density at radius 2 is 1.81 bits per heavy atom. The summed E-state index contributed by atoms with van der Waals surface area (Å²) in [7, 11) is 0. The van der Waals surface area contributed by atoms with Gasteiger partial charge in [-0.2, -0.15) is 9.71 Å². The standard InChI is InChI=1S/C28H29ClN5O2/c29-21-10-8-20(9-11-21)18-26-30-15-12-28(32-26)35-22-13-16-33(17-14-22)19-27-31-24-6-1-2-7-25(24)34(27)36-23-4-3-5-23/h2,6-12,15,22-23H,3-5,13-14,16-19H2. The van der Waals surface area contributed by atoms with E-state index in [1.165, 1.54) is 6.42 Å². The summed E-state index contributed by atoms with van der Waals surface area (Å²) < 4.78 is 8.21. The van der Waals surface area contributed by atoms with Gasteiger partial charge in [0.25, 0.3) is 0 Å². The second-order valence-electron chi connectivity index (χ2n) is 9.60. The molecule has 0 atom stereocenters. The van der Waals surface area contributed by atoms with Crippen molar-refractivity contribution in [1.29, 1.82) is 0 Å². The van der Waals surface area contributed by atoms with Crippen LogP contribution in [0.2, 0.25) is 5.02 Å². The number of nitrogens with zero attached hydrogens (tertiary/aromatic N) is 5. The molecule has 36 heavy (non-hydrogen) atoms. The molecule has 2 aliphatic rings. The fraction of sp³-hybridized carbons (Fsp3) is 0.393. The van der Waals surface area contributed by atoms with Crippen molar-refractivity contribution in [3.05, 3.63) is 83.0 Å². The van der Waals surface area contributed by atoms with Gasteiger partial charge in [-0.3, -0.25) is 4.90 Å². The lowest BCUT2D eigenvalue weighted by Gasteiger charge is -2.32. The van der Waals surface area contributed by atoms with E-state index >= 15 is 0 Å². The van der Waals surface area contributed by atoms with Crippen molar-refractivity contribution >= 4 is 22.6 Å². The smallest absolute Gasteiger partial charge is 0.216 e. The van der Waals surface area contributed by atoms with Gasteiger partial charge in [-0.1, -0.05) is 29.8 Å². The molecule has 2 aromatic heterocycles. The van der Waals surface area contributed by atoms with Crippen LogP contribution in [0.25, 0.3) is 11.0 Å². The number of halogens is 1. The molecule has 185 valence electrons. The van der Waals surface area contributed by atoms with Crippen LogP contribution in [0.4, 0.5) is 0 Å². The van der Waals surface area contributed by atoms with Gasteiger partial charge in [0.2, 0.25) is 5.88 Å². The average Bonchev–Trinajstić information content (AvgIpc) is 3.21. The zero-order valence-electron chi connectivity index (χ0n) is 20.1. The Labute approximate surface area is 216 Å². The summed E-state index contributed by atoms with van der Waals surface area (Å²) in [6.45, 7) is 2.63. The summed E-state index contributed by atoms with van der Waals surface area (Å²) in [6, 6.07) is 18.6. The number of fused-ring (bicyclic) bond motifs is 1. The number of rotatable bonds is 8. The first-order valence-corrected chi connectivity index (χ1v) is 13.1. The van der Waals surface area contributed by atoms with Crippen molar-refractivity contribution in [2.24, 2.45) is 0 Å². The Bertz CT molecular complexity index is 1310. The van der Waals surface area contributed by atoms with E-state index in [4.69, 9.17) is 26.2 Å². The minimum atomic E-state index is 0.138. The molecule has 2 fully saturated rings. The van der Waals surface area contributed by atoms with Crippen LogP contribution in [-0.2, 0) is 13.0 Å². The van der Waals surface area contributed by atoms with E-state index in [1.54, 1.807) is 6.20 Å². The third-order valence-electron chi connectivity index (χ3n) is 6.97. The zero-order chi connectivity index (χ0) is 24.3. The van der Waals surface area contributed by atoms with Crippen LogP contribution >= 0.6 is 11.6 Å². The predicted octanol–water partition coefficient (Wildman–Crippen LogP) is 4.90. The van der Waals surface area contributed by atoms with Gasteiger partial charge in [-0.05, 0) is 68.0 Å². The molecule has 1 aliphatic carbocycles. The second-order valence-corrected chi connectivity index (χ2v) is 10.0. The highest BCUT2D eigenvalue weighted by molar-refractivity contribution is 6.30. The SMILES string of the molecule is Clc1ccc(Cc2nccc(OC3CCN(Cc4nc5c[c]ccc5n4OC4CCC4)CC3)n2)cc1. The molecule has 1 saturated carbocycles. The molecule has 8 heteroatoms. The predicted molar refractivity (Wildman–Crippen MR) is 138 cm³/mol. The third kappa shape index (κ3) is 5.32. The van der Waals surface area contributed by atoms with Crippen molar-refractivity contribution in [1.82, 2.24) is 24.6 Å². The highest BCUT2D eigenvalue weighted by Crippen LogP contribution is 2.24. The Morgan fingerprint density at radius 1 is 0.972 bits per heavy atom. The summed E-state index contributed by atoms with van der Waals surface area (Å²) in [5.74, 6) is 2.34. The maximum atomic E-state index is 6.30. The molecule has 7 nitrogen and oxygen atoms in total. The molecule has 1 saturated heterocycles. The maximum Gasteiger partial charge on any atom is 0.216 e. The number of benzene rings is 2. The molecule has 3 heterocycles. The molecule has 1 aliphatic heterocycles. The fourth-order valence-corrected chi connectivity index (χ4v) is 4.84. The van der Waals surface area contributed by atoms with Crippen LogP contribution in [0, 0.1) is 6.07 Å². The molecule has 0 bridgehead atoms. The van der Waals surface area contributed by atoms with E-state index in [9.17, 15) is 0 Å². The van der Waals surface area contributed by atoms with E-state index in [0.717, 1.165) is 78.6 Å². The zero-order valence-corrected chi connectivity index (χ0v) is 20.9. The first-order chi connectivity index (χ1) is 17.7. The second kappa shape index (κ2) is 10.4. The maximum absolute atomic E-state index is 6.30. The Morgan fingerprint density at radius 3 is 2.58 bits per heavy atom. The molecule has 1 radical (unpaired) electrons. The monoisotopic (exact) mass is 502 g/mol. The number of ether oxygens (including phenoxy) is 1. The Hall–Kier alpha value is -3.16. The molecule has 0 spiro atoms. The Kier molecular flexibility index (Phi) is 6.75. The number of likely N-dealkylation sites (tertiary alicyclic amines) is 1. The lowest BCUT2D eigenvalue weighted by atomic mass is 9.97. The third-order valence-corrected chi connectivity index (χ3v) is 7.22. The van der Waals surface area contributed by atoms with Crippen molar-refractivity contribution in [3.8, 4) is 5.88 Å². The number of aromatic nitrogens is 4. The van der Waals surface area contributed by atoms with Gasteiger partial charge in [-0.25, -0.2) is 9.97 Å². The van der Waals surface area contributed by atoms with Gasteiger partial charge < -0.3 is 9.57 Å². The van der Waals surface area contributed by atoms with Gasteiger partial charge >= 0.3 is 0 Å². The normalized spacial score (nSPS) is 17.2. The summed E-state index contributed by atoms with van der Waals surface area (Å²) >= 11 is 5.99. The number of hydrogen-bond acceptors (Lipinski definition) is 6. The Balaban J connectivity index is 1.06. The molecular weight excluding hydrogens is 474 g/mol. The average molecular weight is 503 g/mol. The number of imidazole rings is 1. The lowest BCUT2D eigenvalue weighted by Crippen LogP contribution is -2.39. The summed E-state index contributed by atoms with van der Waals surface area (Å²) in [6.07, 6.45) is 8.20. The van der Waals surface area contributed by atoms with E-state index in [1.807, 2.05) is 53.3 Å². The molecular formula is C28H29ClN5O2. The van der Waals surface area contributed by atoms with Gasteiger partial charge in [0.15, 0.2) is 5.82 Å². The largest absolute Gasteiger partial charge is 0.474 e. The molecule has 4 aromatic rings. The van der Waals surface area contributed by atoms with Crippen LogP contribution < -0.4 is 9.57 Å². The van der Waals surface area contributed by atoms with E-state index in [-0.39, 0.29) is 6.10 Å². The summed E-state index contributed by atoms with van der Waals surface area (Å²) in [4.78, 5) is 22.6. The van der Waals surface area contributed by atoms with Crippen molar-refractivity contribution < 1.29 is 9.57 Å². The summed E-state index contributed by atoms with van der Waals surface area (Å²) in [5, 5.41) is 0.727. The van der Waals surface area contributed by atoms with E-state index < -0.39 is 0 Å². The molecule has 2 aromatic carbocycles. The first kappa shape index (κ1) is 23.3. The van der Waals surface area contributed by atoms with Crippen molar-refractivity contribution in [2.75, 3.05) is 13.1 Å². The van der Waals surface area contributed by atoms with E-state index in [0.29, 0.717) is 18.4 Å². The van der Waals surface area contributed by atoms with Crippen molar-refractivity contribution in [3.63, 3.8) is 0 Å². The first-order valence-electron chi connectivity index (χ1n) is 12.7. The molecule has 0 unspecified atom stereocenters. The van der Waals surface area contributed by atoms with Crippen LogP contribution in [0.1, 0.15) is 49.3 Å². The number of piperidine rings is 1. The minimum Gasteiger partial charge on any atom is -0.474 e. The molecule has 0 N–H and O–H groups in total. The molecule has 6 rings (SSSR count). The molecule has 0 amide bonds. The van der Waals surface area contributed by atoms with Crippen LogP contribution in [0.3, 0.4) is 0 Å². The van der Waals surface area contributed by atoms with Gasteiger partial charge in [0.1, 0.15) is 23.5 Å². The highest BCUT2D eigenvalue weighted by atomic mass is 35.5. The quantitative estimate of drug-likeness (QED) is 0.341. The van der Waals surface area contributed by atoms with Gasteiger partial charge in [-0.15, -0.1) is 0 Å². The van der Waals surface area contributed by atoms with Crippen molar-refractivity contribution in [2.45, 2.75) is 57.3 Å². The van der Waals surface area contributed by atoms with E-state index in [2.05, 4.69) is 20.9 Å². The van der Waals surface area contributed by atoms with Crippen LogP contribution in [0.5, 0.6) is 5.88 Å². The fourth-order valence-electron chi connectivity index (χ4n) is 4.71. The van der Waals surface area contributed by atoms with Gasteiger partial charge in [0, 0.05) is 36.8 Å². The topological polar surface area (TPSA) is 65.3 Å². The lowest BCUT2D eigenvalue weighted by molar-refractivity contribution is -0.0111. The van der Waals surface area contributed by atoms with Crippen LogP contribution in [0.15, 0.2) is 54.7 Å². The minimum absolute atomic E-state index is 0.138. The van der Waals surface area contributed by atoms with Crippen LogP contribution in [-0.4, -0.2) is 49.9 Å². The summed E-state index contributed by atoms with van der Waals surface area (Å²) in [5.41, 5.74) is 3.07. The highest BCUT2D eigenvalue weighted by Gasteiger charge is 2.26. The van der Waals surface area contributed by atoms with Gasteiger partial charge in [0.05, 0.1) is 12.1 Å².